The Morgan fingerprint density at radius 3 is 0.644 bits per heavy atom. The zero-order valence-corrected chi connectivity index (χ0v) is 72.1. The Balaban J connectivity index is 0.000000107. The van der Waals surface area contributed by atoms with Crippen LogP contribution in [0.4, 0.5) is 0 Å². The van der Waals surface area contributed by atoms with Crippen LogP contribution in [0.1, 0.15) is 0 Å². The van der Waals surface area contributed by atoms with Crippen LogP contribution in [0, 0.1) is 0 Å². The van der Waals surface area contributed by atoms with Crippen LogP contribution in [0.3, 0.4) is 0 Å². The molecule has 132 heavy (non-hydrogen) atoms. The molecule has 0 bridgehead atoms. The first-order chi connectivity index (χ1) is 65.5. The standard InChI is InChI=1S/C48H32N2.C41H27N3.C36H24N2/c1-3-13-33(14-4-1)35-17-11-19-39(29-35)49-45-23-9-7-21-41(45)43-31-37(25-27-47(43)49)38-26-28-48-44(32-38)42-22-8-10-24-46(42)50(48)40-20-12-18-36(30-40)34-15-5-2-6-16-34;1-2-12-31(13-3-1)43-38-18-6-4-15-33(38)35-26-28(20-22-40(35)43)29-21-23-41-36(27-29)34-16-5-7-19-39(34)44(41)32-14-10-11-30(25-32)37-17-8-9-24-42-37;1-3-11-27(12-4-1)37-34-18-10-8-16-30(34)32-23-25(20-22-35(32)37)26-19-21-31-29-15-7-9-17-33(29)38(36(31)24-26)28-13-5-2-6-14-28/h1-32H;1-27H;1-24H. The molecule has 0 aliphatic carbocycles. The molecule has 7 nitrogen and oxygen atoms in total. The third-order valence-corrected chi connectivity index (χ3v) is 26.6. The Bertz CT molecular complexity index is 8930. The molecule has 0 saturated carbocycles. The summed E-state index contributed by atoms with van der Waals surface area (Å²) in [7, 11) is 0. The fourth-order valence-corrected chi connectivity index (χ4v) is 20.6. The van der Waals surface area contributed by atoms with Gasteiger partial charge in [-0.3, -0.25) is 4.98 Å². The average molecular weight is 1680 g/mol. The van der Waals surface area contributed by atoms with Crippen LogP contribution in [0.25, 0.3) is 232 Å². The molecule has 0 fully saturated rings. The molecule has 0 unspecified atom stereocenters. The van der Waals surface area contributed by atoms with Gasteiger partial charge in [-0.2, -0.15) is 0 Å². The summed E-state index contributed by atoms with van der Waals surface area (Å²) in [6, 6.07) is 179. The first-order valence-electron chi connectivity index (χ1n) is 45.2. The van der Waals surface area contributed by atoms with E-state index in [1.54, 1.807) is 0 Å². The maximum atomic E-state index is 4.59. The molecule has 27 rings (SSSR count). The largest absolute Gasteiger partial charge is 0.309 e. The predicted molar refractivity (Wildman–Crippen MR) is 556 cm³/mol. The van der Waals surface area contributed by atoms with Gasteiger partial charge in [0.1, 0.15) is 0 Å². The second-order valence-electron chi connectivity index (χ2n) is 34.1. The van der Waals surface area contributed by atoms with Crippen LogP contribution in [0.2, 0.25) is 0 Å². The van der Waals surface area contributed by atoms with E-state index in [9.17, 15) is 0 Å². The fraction of sp³-hybridized carbons (Fsp3) is 0. The van der Waals surface area contributed by atoms with Crippen molar-refractivity contribution in [2.75, 3.05) is 0 Å². The Morgan fingerprint density at radius 2 is 0.326 bits per heavy atom. The van der Waals surface area contributed by atoms with Gasteiger partial charge in [-0.25, -0.2) is 0 Å². The smallest absolute Gasteiger partial charge is 0.0702 e. The molecule has 27 aromatic rings. The van der Waals surface area contributed by atoms with Crippen LogP contribution in [0.15, 0.2) is 504 Å². The third-order valence-electron chi connectivity index (χ3n) is 26.6. The number of pyridine rings is 1. The van der Waals surface area contributed by atoms with E-state index in [4.69, 9.17) is 0 Å². The van der Waals surface area contributed by atoms with Gasteiger partial charge in [-0.05, 0) is 244 Å². The highest BCUT2D eigenvalue weighted by molar-refractivity contribution is 6.17. The molecule has 0 amide bonds. The predicted octanol–water partition coefficient (Wildman–Crippen LogP) is 33.0. The Kier molecular flexibility index (Phi) is 18.8. The summed E-state index contributed by atoms with van der Waals surface area (Å²) in [5.41, 5.74) is 35.8. The molecular formula is C125H83N7. The van der Waals surface area contributed by atoms with Gasteiger partial charge in [0.05, 0.1) is 71.9 Å². The van der Waals surface area contributed by atoms with Gasteiger partial charge in [0.15, 0.2) is 0 Å². The van der Waals surface area contributed by atoms with Crippen LogP contribution >= 0.6 is 0 Å². The molecule has 0 saturated heterocycles. The van der Waals surface area contributed by atoms with Gasteiger partial charge in [0.2, 0.25) is 0 Å². The first kappa shape index (κ1) is 76.8. The summed E-state index contributed by atoms with van der Waals surface area (Å²) < 4.78 is 14.3. The van der Waals surface area contributed by atoms with Crippen molar-refractivity contribution in [3.05, 3.63) is 504 Å². The van der Waals surface area contributed by atoms with E-state index in [1.807, 2.05) is 18.3 Å². The van der Waals surface area contributed by atoms with E-state index < -0.39 is 0 Å². The topological polar surface area (TPSA) is 42.5 Å². The molecule has 7 heteroatoms. The van der Waals surface area contributed by atoms with E-state index >= 15 is 0 Å². The minimum Gasteiger partial charge on any atom is -0.309 e. The van der Waals surface area contributed by atoms with E-state index in [2.05, 4.69) is 518 Å². The Labute approximate surface area is 762 Å². The van der Waals surface area contributed by atoms with Crippen LogP contribution in [-0.2, 0) is 0 Å². The summed E-state index contributed by atoms with van der Waals surface area (Å²) >= 11 is 0. The molecular weight excluding hydrogens is 1600 g/mol. The lowest BCUT2D eigenvalue weighted by Gasteiger charge is -2.11. The van der Waals surface area contributed by atoms with Crippen molar-refractivity contribution in [1.29, 1.82) is 0 Å². The summed E-state index contributed by atoms with van der Waals surface area (Å²) in [6.07, 6.45) is 1.85. The number of rotatable bonds is 12. The van der Waals surface area contributed by atoms with Gasteiger partial charge >= 0.3 is 0 Å². The number of nitrogens with zero attached hydrogens (tertiary/aromatic N) is 7. The normalized spacial score (nSPS) is 11.6. The number of hydrogen-bond acceptors (Lipinski definition) is 1. The van der Waals surface area contributed by atoms with E-state index in [0.717, 1.165) is 28.3 Å². The summed E-state index contributed by atoms with van der Waals surface area (Å²) in [5.74, 6) is 0. The number of aromatic nitrogens is 7. The fourth-order valence-electron chi connectivity index (χ4n) is 20.6. The Hall–Kier alpha value is -17.7. The van der Waals surface area contributed by atoms with E-state index in [0.29, 0.717) is 0 Å². The lowest BCUT2D eigenvalue weighted by atomic mass is 10.0. The molecule has 20 aromatic carbocycles. The van der Waals surface area contributed by atoms with Crippen LogP contribution < -0.4 is 0 Å². The quantitative estimate of drug-likeness (QED) is 0.120. The monoisotopic (exact) mass is 1680 g/mol. The highest BCUT2D eigenvalue weighted by Gasteiger charge is 2.23. The summed E-state index contributed by atoms with van der Waals surface area (Å²) in [6.45, 7) is 0. The average Bonchev–Trinajstić information content (AvgIpc) is 1.59. The van der Waals surface area contributed by atoms with Gasteiger partial charge in [-0.15, -0.1) is 0 Å². The number of fused-ring (bicyclic) bond motifs is 18. The zero-order valence-electron chi connectivity index (χ0n) is 72.1. The molecule has 0 atom stereocenters. The molecule has 7 aromatic heterocycles. The lowest BCUT2D eigenvalue weighted by Crippen LogP contribution is -1.94. The zero-order chi connectivity index (χ0) is 87.1. The minimum absolute atomic E-state index is 0.974. The Morgan fingerprint density at radius 1 is 0.114 bits per heavy atom. The lowest BCUT2D eigenvalue weighted by molar-refractivity contribution is 1.18. The summed E-state index contributed by atoms with van der Waals surface area (Å²) in [4.78, 5) is 4.59. The molecule has 0 radical (unpaired) electrons. The van der Waals surface area contributed by atoms with Crippen LogP contribution in [-0.4, -0.2) is 32.4 Å². The SMILES string of the molecule is c1ccc(-c2cccc(-n3c4ccccc4c4cc(-c5ccc6c(c5)c5ccccc5n6-c5cccc(-c6ccccc6)c5)ccc43)c2)cc1.c1ccc(-n2c3ccccc3c3cc(-c4ccc5c(c4)c4ccccc4n5-c4cccc(-c5ccccn5)c4)ccc32)cc1.c1ccc(-n2c3ccccc3c3cc(-c4ccc5c6ccccc6n(-c6ccccc6)c5c4)ccc32)cc1. The van der Waals surface area contributed by atoms with Crippen molar-refractivity contribution in [1.82, 2.24) is 32.4 Å². The van der Waals surface area contributed by atoms with Crippen molar-refractivity contribution in [2.45, 2.75) is 0 Å². The summed E-state index contributed by atoms with van der Waals surface area (Å²) in [5, 5.41) is 15.1. The third kappa shape index (κ3) is 13.2. The highest BCUT2D eigenvalue weighted by atomic mass is 15.0. The van der Waals surface area contributed by atoms with E-state index in [-0.39, 0.29) is 0 Å². The van der Waals surface area contributed by atoms with Crippen molar-refractivity contribution >= 4 is 131 Å². The molecule has 618 valence electrons. The maximum Gasteiger partial charge on any atom is 0.0702 e. The van der Waals surface area contributed by atoms with E-state index in [1.165, 1.54) is 204 Å². The molecule has 0 aliphatic rings. The number of para-hydroxylation sites is 9. The first-order valence-corrected chi connectivity index (χ1v) is 45.2. The maximum absolute atomic E-state index is 4.59. The highest BCUT2D eigenvalue weighted by Crippen LogP contribution is 2.45. The van der Waals surface area contributed by atoms with Crippen LogP contribution in [0.5, 0.6) is 0 Å². The van der Waals surface area contributed by atoms with Gasteiger partial charge in [0.25, 0.3) is 0 Å². The second kappa shape index (κ2) is 32.3. The van der Waals surface area contributed by atoms with Crippen molar-refractivity contribution in [2.24, 2.45) is 0 Å². The molecule has 0 spiro atoms. The minimum atomic E-state index is 0.974. The molecule has 7 heterocycles. The van der Waals surface area contributed by atoms with Crippen molar-refractivity contribution < 1.29 is 0 Å². The van der Waals surface area contributed by atoms with Gasteiger partial charge < -0.3 is 27.4 Å². The molecule has 0 aliphatic heterocycles. The van der Waals surface area contributed by atoms with Gasteiger partial charge in [-0.1, -0.05) is 309 Å². The van der Waals surface area contributed by atoms with Gasteiger partial charge in [0, 0.05) is 111 Å². The number of hydrogen-bond donors (Lipinski definition) is 0. The second-order valence-corrected chi connectivity index (χ2v) is 34.1. The van der Waals surface area contributed by atoms with Crippen molar-refractivity contribution in [3.63, 3.8) is 0 Å². The number of benzene rings is 20. The molecule has 0 N–H and O–H groups in total. The van der Waals surface area contributed by atoms with Crippen molar-refractivity contribution in [3.8, 4) is 101 Å².